The summed E-state index contributed by atoms with van der Waals surface area (Å²) in [6.07, 6.45) is 0. The SMILES string of the molecule is O=C(CSc1nc2ccc(Nc3nc(Nc4ccccc4)nc(Nc4ccccc4)n3)cc2s1)N1CCOCC1. The molecule has 6 rings (SSSR count). The number of thiazole rings is 1. The maximum absolute atomic E-state index is 12.5. The third kappa shape index (κ3) is 6.65. The predicted molar refractivity (Wildman–Crippen MR) is 160 cm³/mol. The third-order valence-corrected chi connectivity index (χ3v) is 8.15. The number of rotatable bonds is 9. The number of morpholine rings is 1. The quantitative estimate of drug-likeness (QED) is 0.192. The van der Waals surface area contributed by atoms with Gasteiger partial charge in [0.15, 0.2) is 4.34 Å². The fraction of sp³-hybridized carbons (Fsp3) is 0.179. The standard InChI is InChI=1S/C28H26N8O2S2/c37-24(36-13-15-38-16-14-36)18-39-28-32-22-12-11-21(17-23(22)40-28)31-27-34-25(29-19-7-3-1-4-8-19)33-26(35-27)30-20-9-5-2-6-10-20/h1-12,17H,13-16,18H2,(H3,29,30,31,33,34,35). The summed E-state index contributed by atoms with van der Waals surface area (Å²) in [5.74, 6) is 1.68. The van der Waals surface area contributed by atoms with Crippen LogP contribution in [0.25, 0.3) is 10.2 Å². The van der Waals surface area contributed by atoms with Gasteiger partial charge in [-0.3, -0.25) is 4.79 Å². The number of ether oxygens (including phenoxy) is 1. The molecule has 5 aromatic rings. The first kappa shape index (κ1) is 26.0. The average molecular weight is 571 g/mol. The van der Waals surface area contributed by atoms with E-state index in [1.807, 2.05) is 83.8 Å². The van der Waals surface area contributed by atoms with Crippen molar-refractivity contribution in [3.8, 4) is 0 Å². The Bertz CT molecular complexity index is 1530. The zero-order valence-electron chi connectivity index (χ0n) is 21.4. The minimum atomic E-state index is 0.115. The Balaban J connectivity index is 1.19. The van der Waals surface area contributed by atoms with Crippen LogP contribution in [0.1, 0.15) is 0 Å². The van der Waals surface area contributed by atoms with Crippen molar-refractivity contribution in [2.45, 2.75) is 4.34 Å². The van der Waals surface area contributed by atoms with Crippen molar-refractivity contribution in [2.75, 3.05) is 48.0 Å². The molecule has 202 valence electrons. The second kappa shape index (κ2) is 12.3. The molecule has 3 aromatic carbocycles. The highest BCUT2D eigenvalue weighted by atomic mass is 32.2. The molecule has 0 saturated carbocycles. The Kier molecular flexibility index (Phi) is 7.98. The van der Waals surface area contributed by atoms with Crippen molar-refractivity contribution in [2.24, 2.45) is 0 Å². The van der Waals surface area contributed by atoms with Gasteiger partial charge in [0.1, 0.15) is 0 Å². The Morgan fingerprint density at radius 3 is 1.95 bits per heavy atom. The fourth-order valence-corrected chi connectivity index (χ4v) is 6.05. The van der Waals surface area contributed by atoms with Crippen molar-refractivity contribution >= 4 is 74.1 Å². The van der Waals surface area contributed by atoms with E-state index in [4.69, 9.17) is 9.72 Å². The number of carbonyl (C=O) groups excluding carboxylic acids is 1. The Hall–Kier alpha value is -4.26. The number of carbonyl (C=O) groups is 1. The molecule has 0 bridgehead atoms. The first-order chi connectivity index (χ1) is 19.7. The Morgan fingerprint density at radius 1 is 0.775 bits per heavy atom. The number of benzene rings is 3. The molecule has 0 atom stereocenters. The van der Waals surface area contributed by atoms with Gasteiger partial charge in [-0.05, 0) is 42.5 Å². The first-order valence-electron chi connectivity index (χ1n) is 12.7. The lowest BCUT2D eigenvalue weighted by Crippen LogP contribution is -2.41. The normalized spacial score (nSPS) is 13.2. The highest BCUT2D eigenvalue weighted by Crippen LogP contribution is 2.32. The second-order valence-corrected chi connectivity index (χ2v) is 11.1. The van der Waals surface area contributed by atoms with Crippen LogP contribution in [-0.4, -0.2) is 62.8 Å². The Labute approximate surface area is 239 Å². The molecular formula is C28H26N8O2S2. The van der Waals surface area contributed by atoms with E-state index < -0.39 is 0 Å². The van der Waals surface area contributed by atoms with Crippen molar-refractivity contribution in [1.29, 1.82) is 0 Å². The van der Waals surface area contributed by atoms with Crippen LogP contribution >= 0.6 is 23.1 Å². The molecule has 40 heavy (non-hydrogen) atoms. The van der Waals surface area contributed by atoms with E-state index in [1.165, 1.54) is 11.8 Å². The number of hydrogen-bond acceptors (Lipinski definition) is 11. The summed E-state index contributed by atoms with van der Waals surface area (Å²) in [5, 5.41) is 9.80. The van der Waals surface area contributed by atoms with E-state index in [2.05, 4.69) is 30.9 Å². The number of hydrogen-bond donors (Lipinski definition) is 3. The number of para-hydroxylation sites is 2. The van der Waals surface area contributed by atoms with Crippen LogP contribution in [0.15, 0.2) is 83.2 Å². The number of amides is 1. The van der Waals surface area contributed by atoms with Crippen LogP contribution in [0.2, 0.25) is 0 Å². The van der Waals surface area contributed by atoms with Gasteiger partial charge in [-0.2, -0.15) is 15.0 Å². The second-order valence-electron chi connectivity index (χ2n) is 8.86. The highest BCUT2D eigenvalue weighted by molar-refractivity contribution is 8.01. The lowest BCUT2D eigenvalue weighted by atomic mass is 10.3. The van der Waals surface area contributed by atoms with Gasteiger partial charge in [0.2, 0.25) is 23.8 Å². The summed E-state index contributed by atoms with van der Waals surface area (Å²) in [5.41, 5.74) is 3.44. The van der Waals surface area contributed by atoms with Gasteiger partial charge in [0.05, 0.1) is 29.2 Å². The molecule has 3 N–H and O–H groups in total. The maximum atomic E-state index is 12.5. The van der Waals surface area contributed by atoms with Gasteiger partial charge >= 0.3 is 0 Å². The zero-order valence-corrected chi connectivity index (χ0v) is 23.0. The van der Waals surface area contributed by atoms with E-state index in [-0.39, 0.29) is 5.91 Å². The van der Waals surface area contributed by atoms with E-state index in [9.17, 15) is 4.79 Å². The predicted octanol–water partition coefficient (Wildman–Crippen LogP) is 5.66. The minimum Gasteiger partial charge on any atom is -0.378 e. The van der Waals surface area contributed by atoms with E-state index in [0.29, 0.717) is 49.9 Å². The maximum Gasteiger partial charge on any atom is 0.233 e. The molecule has 12 heteroatoms. The lowest BCUT2D eigenvalue weighted by molar-refractivity contribution is -0.132. The van der Waals surface area contributed by atoms with Gasteiger partial charge in [0.25, 0.3) is 0 Å². The summed E-state index contributed by atoms with van der Waals surface area (Å²) in [4.78, 5) is 32.8. The number of thioether (sulfide) groups is 1. The third-order valence-electron chi connectivity index (χ3n) is 6.00. The molecule has 3 heterocycles. The van der Waals surface area contributed by atoms with Gasteiger partial charge in [-0.1, -0.05) is 48.2 Å². The van der Waals surface area contributed by atoms with Crippen LogP contribution in [0.5, 0.6) is 0 Å². The smallest absolute Gasteiger partial charge is 0.233 e. The number of anilines is 6. The molecule has 1 fully saturated rings. The summed E-state index contributed by atoms with van der Waals surface area (Å²) in [6.45, 7) is 2.50. The van der Waals surface area contributed by atoms with E-state index in [1.54, 1.807) is 11.3 Å². The lowest BCUT2D eigenvalue weighted by Gasteiger charge is -2.26. The minimum absolute atomic E-state index is 0.115. The number of nitrogens with zero attached hydrogens (tertiary/aromatic N) is 5. The first-order valence-corrected chi connectivity index (χ1v) is 14.5. The average Bonchev–Trinajstić information content (AvgIpc) is 3.40. The van der Waals surface area contributed by atoms with Crippen LogP contribution in [0.3, 0.4) is 0 Å². The summed E-state index contributed by atoms with van der Waals surface area (Å²) >= 11 is 3.03. The molecule has 10 nitrogen and oxygen atoms in total. The topological polar surface area (TPSA) is 117 Å². The van der Waals surface area contributed by atoms with Gasteiger partial charge in [-0.15, -0.1) is 11.3 Å². The number of fused-ring (bicyclic) bond motifs is 1. The van der Waals surface area contributed by atoms with Gasteiger partial charge in [-0.25, -0.2) is 4.98 Å². The molecule has 0 unspecified atom stereocenters. The van der Waals surface area contributed by atoms with Crippen molar-refractivity contribution < 1.29 is 9.53 Å². The summed E-state index contributed by atoms with van der Waals surface area (Å²) in [7, 11) is 0. The van der Waals surface area contributed by atoms with E-state index >= 15 is 0 Å². The zero-order chi connectivity index (χ0) is 27.1. The molecule has 2 aromatic heterocycles. The van der Waals surface area contributed by atoms with E-state index in [0.717, 1.165) is 31.6 Å². The molecule has 1 amide bonds. The summed E-state index contributed by atoms with van der Waals surface area (Å²) in [6, 6.07) is 25.4. The fourth-order valence-electron chi connectivity index (χ4n) is 4.04. The van der Waals surface area contributed by atoms with Crippen LogP contribution < -0.4 is 16.0 Å². The molecule has 1 aliphatic heterocycles. The van der Waals surface area contributed by atoms with Gasteiger partial charge < -0.3 is 25.6 Å². The molecule has 0 radical (unpaired) electrons. The highest BCUT2D eigenvalue weighted by Gasteiger charge is 2.18. The summed E-state index contributed by atoms with van der Waals surface area (Å²) < 4.78 is 7.20. The Morgan fingerprint density at radius 2 is 1.35 bits per heavy atom. The van der Waals surface area contributed by atoms with Crippen LogP contribution in [0, 0.1) is 0 Å². The van der Waals surface area contributed by atoms with Crippen molar-refractivity contribution in [1.82, 2.24) is 24.8 Å². The largest absolute Gasteiger partial charge is 0.378 e. The monoisotopic (exact) mass is 570 g/mol. The van der Waals surface area contributed by atoms with Crippen molar-refractivity contribution in [3.63, 3.8) is 0 Å². The molecule has 0 aliphatic carbocycles. The van der Waals surface area contributed by atoms with Crippen LogP contribution in [-0.2, 0) is 9.53 Å². The van der Waals surface area contributed by atoms with Crippen molar-refractivity contribution in [3.05, 3.63) is 78.9 Å². The number of nitrogens with one attached hydrogen (secondary N) is 3. The number of aromatic nitrogens is 4. The van der Waals surface area contributed by atoms with Crippen LogP contribution in [0.4, 0.5) is 34.9 Å². The molecular weight excluding hydrogens is 544 g/mol. The molecule has 0 spiro atoms. The molecule has 1 aliphatic rings. The molecule has 1 saturated heterocycles. The van der Waals surface area contributed by atoms with Gasteiger partial charge in [0, 0.05) is 30.2 Å².